The first kappa shape index (κ1) is 19.0. The van der Waals surface area contributed by atoms with Crippen LogP contribution in [-0.4, -0.2) is 36.7 Å². The van der Waals surface area contributed by atoms with Gasteiger partial charge in [-0.25, -0.2) is 17.5 Å². The highest BCUT2D eigenvalue weighted by Crippen LogP contribution is 2.23. The van der Waals surface area contributed by atoms with Gasteiger partial charge in [0, 0.05) is 19.2 Å². The second-order valence-corrected chi connectivity index (χ2v) is 7.72. The van der Waals surface area contributed by atoms with Crippen LogP contribution in [0.1, 0.15) is 25.3 Å². The summed E-state index contributed by atoms with van der Waals surface area (Å²) in [5, 5.41) is 13.2. The Morgan fingerprint density at radius 3 is 2.89 bits per heavy atom. The molecular weight excluding hydrogens is 373 g/mol. The number of carbonyl (C=O) groups is 1. The van der Waals surface area contributed by atoms with Crippen LogP contribution in [0.3, 0.4) is 0 Å². The first-order valence-corrected chi connectivity index (χ1v) is 9.91. The molecule has 1 atom stereocenters. The van der Waals surface area contributed by atoms with E-state index < -0.39 is 38.2 Å². The van der Waals surface area contributed by atoms with Crippen LogP contribution in [0.15, 0.2) is 35.4 Å². The van der Waals surface area contributed by atoms with Gasteiger partial charge in [0.15, 0.2) is 0 Å². The van der Waals surface area contributed by atoms with E-state index in [2.05, 4.69) is 9.82 Å². The number of nitrogens with one attached hydrogen (secondary N) is 1. The Morgan fingerprint density at radius 1 is 1.41 bits per heavy atom. The molecule has 1 aliphatic rings. The average molecular weight is 391 g/mol. The van der Waals surface area contributed by atoms with E-state index in [0.29, 0.717) is 31.7 Å². The van der Waals surface area contributed by atoms with Crippen LogP contribution in [0.4, 0.5) is 10.2 Å². The van der Waals surface area contributed by atoms with Crippen LogP contribution in [0.25, 0.3) is 0 Å². The number of carbonyl (C=O) groups excluding carboxylic acids is 1. The Balaban J connectivity index is 1.88. The monoisotopic (exact) mass is 391 g/mol. The minimum Gasteiger partial charge on any atom is -0.296 e. The molecule has 2 aromatic rings. The molecule has 1 saturated heterocycles. The molecule has 1 aromatic carbocycles. The van der Waals surface area contributed by atoms with Crippen LogP contribution in [0.2, 0.25) is 0 Å². The largest absolute Gasteiger partial charge is 0.296 e. The van der Waals surface area contributed by atoms with Gasteiger partial charge in [-0.2, -0.15) is 15.1 Å². The van der Waals surface area contributed by atoms with Gasteiger partial charge in [0.05, 0.1) is 6.20 Å². The Labute approximate surface area is 156 Å². The van der Waals surface area contributed by atoms with Crippen molar-refractivity contribution < 1.29 is 17.6 Å². The zero-order chi connectivity index (χ0) is 19.6. The minimum absolute atomic E-state index is 0.312. The minimum atomic E-state index is -4.25. The van der Waals surface area contributed by atoms with Crippen LogP contribution >= 0.6 is 0 Å². The molecule has 1 aromatic heterocycles. The third-order valence-electron chi connectivity index (χ3n) is 4.38. The van der Waals surface area contributed by atoms with Crippen molar-refractivity contribution in [3.63, 3.8) is 0 Å². The molecule has 1 unspecified atom stereocenters. The number of hydrogen-bond donors (Lipinski definition) is 1. The molecule has 0 spiro atoms. The maximum Gasteiger partial charge on any atom is 0.246 e. The van der Waals surface area contributed by atoms with Gasteiger partial charge in [-0.15, -0.1) is 0 Å². The number of piperidine rings is 1. The summed E-state index contributed by atoms with van der Waals surface area (Å²) in [5.41, 5.74) is -0.575. The Kier molecular flexibility index (Phi) is 5.25. The predicted octanol–water partition coefficient (Wildman–Crippen LogP) is 1.39. The van der Waals surface area contributed by atoms with Gasteiger partial charge in [0.25, 0.3) is 0 Å². The maximum atomic E-state index is 13.8. The summed E-state index contributed by atoms with van der Waals surface area (Å²) in [6.07, 6.45) is 2.47. The second kappa shape index (κ2) is 7.46. The standard InChI is InChI=1S/C17H18FN5O3S/c1-2-23-16(8-9-20-23)22-10-4-6-14(17(22)24)21-27(25,26)15-7-3-5-13(18)12(15)11-19/h3,5,7-9,14,21H,2,4,6,10H2,1H3. The second-order valence-electron chi connectivity index (χ2n) is 6.04. The van der Waals surface area contributed by atoms with E-state index in [4.69, 9.17) is 5.26 Å². The first-order chi connectivity index (χ1) is 12.9. The topological polar surface area (TPSA) is 108 Å². The number of nitriles is 1. The summed E-state index contributed by atoms with van der Waals surface area (Å²) < 4.78 is 43.1. The van der Waals surface area contributed by atoms with Crippen molar-refractivity contribution in [2.24, 2.45) is 0 Å². The van der Waals surface area contributed by atoms with Gasteiger partial charge in [-0.05, 0) is 31.9 Å². The lowest BCUT2D eigenvalue weighted by atomic mass is 10.1. The highest BCUT2D eigenvalue weighted by atomic mass is 32.2. The van der Waals surface area contributed by atoms with Gasteiger partial charge in [-0.3, -0.25) is 9.69 Å². The SMILES string of the molecule is CCn1nccc1N1CCCC(NS(=O)(=O)c2cccc(F)c2C#N)C1=O. The molecule has 27 heavy (non-hydrogen) atoms. The van der Waals surface area contributed by atoms with Crippen molar-refractivity contribution in [2.75, 3.05) is 11.4 Å². The quantitative estimate of drug-likeness (QED) is 0.829. The number of benzene rings is 1. The Bertz CT molecular complexity index is 1010. The van der Waals surface area contributed by atoms with Crippen LogP contribution in [0, 0.1) is 17.1 Å². The summed E-state index contributed by atoms with van der Waals surface area (Å²) in [7, 11) is -4.25. The average Bonchev–Trinajstić information content (AvgIpc) is 3.11. The lowest BCUT2D eigenvalue weighted by Gasteiger charge is -2.32. The van der Waals surface area contributed by atoms with E-state index in [1.165, 1.54) is 11.0 Å². The van der Waals surface area contributed by atoms with E-state index in [1.54, 1.807) is 23.0 Å². The van der Waals surface area contributed by atoms with Gasteiger partial charge in [0.1, 0.15) is 34.2 Å². The number of aromatic nitrogens is 2. The van der Waals surface area contributed by atoms with Crippen molar-refractivity contribution in [3.8, 4) is 6.07 Å². The van der Waals surface area contributed by atoms with Crippen LogP contribution in [-0.2, 0) is 21.4 Å². The molecule has 1 aliphatic heterocycles. The van der Waals surface area contributed by atoms with Crippen molar-refractivity contribution in [2.45, 2.75) is 37.2 Å². The summed E-state index contributed by atoms with van der Waals surface area (Å²) in [6.45, 7) is 2.90. The zero-order valence-corrected chi connectivity index (χ0v) is 15.4. The molecule has 1 amide bonds. The fourth-order valence-corrected chi connectivity index (χ4v) is 4.49. The number of halogens is 1. The van der Waals surface area contributed by atoms with Crippen molar-refractivity contribution in [1.29, 1.82) is 5.26 Å². The van der Waals surface area contributed by atoms with Gasteiger partial charge in [-0.1, -0.05) is 6.07 Å². The predicted molar refractivity (Wildman–Crippen MR) is 94.7 cm³/mol. The van der Waals surface area contributed by atoms with Gasteiger partial charge in [0.2, 0.25) is 15.9 Å². The van der Waals surface area contributed by atoms with E-state index in [1.807, 2.05) is 6.92 Å². The summed E-state index contributed by atoms with van der Waals surface area (Å²) in [5.74, 6) is -0.742. The van der Waals surface area contributed by atoms with Crippen LogP contribution in [0.5, 0.6) is 0 Å². The molecule has 10 heteroatoms. The van der Waals surface area contributed by atoms with Crippen molar-refractivity contribution in [3.05, 3.63) is 41.8 Å². The fourth-order valence-electron chi connectivity index (χ4n) is 3.10. The fraction of sp³-hybridized carbons (Fsp3) is 0.353. The lowest BCUT2D eigenvalue weighted by Crippen LogP contribution is -2.53. The van der Waals surface area contributed by atoms with E-state index >= 15 is 0 Å². The molecular formula is C17H18FN5O3S. The molecule has 8 nitrogen and oxygen atoms in total. The third-order valence-corrected chi connectivity index (χ3v) is 5.90. The molecule has 2 heterocycles. The Hall–Kier alpha value is -2.77. The summed E-state index contributed by atoms with van der Waals surface area (Å²) >= 11 is 0. The normalized spacial score (nSPS) is 17.7. The third kappa shape index (κ3) is 3.56. The zero-order valence-electron chi connectivity index (χ0n) is 14.6. The van der Waals surface area contributed by atoms with Crippen molar-refractivity contribution >= 4 is 21.7 Å². The molecule has 1 N–H and O–H groups in total. The number of nitrogens with zero attached hydrogens (tertiary/aromatic N) is 4. The number of anilines is 1. The number of amides is 1. The number of hydrogen-bond acceptors (Lipinski definition) is 5. The highest BCUT2D eigenvalue weighted by Gasteiger charge is 2.35. The number of rotatable bonds is 5. The molecule has 1 fully saturated rings. The van der Waals surface area contributed by atoms with Gasteiger partial charge >= 0.3 is 0 Å². The molecule has 142 valence electrons. The van der Waals surface area contributed by atoms with Crippen molar-refractivity contribution in [1.82, 2.24) is 14.5 Å². The number of aryl methyl sites for hydroxylation is 1. The smallest absolute Gasteiger partial charge is 0.246 e. The number of sulfonamides is 1. The summed E-state index contributed by atoms with van der Waals surface area (Å²) in [4.78, 5) is 13.9. The summed E-state index contributed by atoms with van der Waals surface area (Å²) in [6, 6.07) is 5.61. The lowest BCUT2D eigenvalue weighted by molar-refractivity contribution is -0.121. The molecule has 0 aliphatic carbocycles. The maximum absolute atomic E-state index is 13.8. The van der Waals surface area contributed by atoms with E-state index in [-0.39, 0.29) is 0 Å². The molecule has 3 rings (SSSR count). The van der Waals surface area contributed by atoms with E-state index in [9.17, 15) is 17.6 Å². The molecule has 0 saturated carbocycles. The highest BCUT2D eigenvalue weighted by molar-refractivity contribution is 7.89. The molecule has 0 bridgehead atoms. The van der Waals surface area contributed by atoms with Crippen LogP contribution < -0.4 is 9.62 Å². The molecule has 0 radical (unpaired) electrons. The Morgan fingerprint density at radius 2 is 2.19 bits per heavy atom. The van der Waals surface area contributed by atoms with Gasteiger partial charge < -0.3 is 0 Å². The van der Waals surface area contributed by atoms with E-state index in [0.717, 1.165) is 12.1 Å². The first-order valence-electron chi connectivity index (χ1n) is 8.43.